The van der Waals surface area contributed by atoms with Gasteiger partial charge in [-0.1, -0.05) is 6.07 Å². The second-order valence-electron chi connectivity index (χ2n) is 7.92. The lowest BCUT2D eigenvalue weighted by Gasteiger charge is -2.38. The number of nitrogens with zero attached hydrogens (tertiary/aromatic N) is 1. The quantitative estimate of drug-likeness (QED) is 0.527. The van der Waals surface area contributed by atoms with Crippen LogP contribution in [0.3, 0.4) is 0 Å². The van der Waals surface area contributed by atoms with Gasteiger partial charge in [-0.25, -0.2) is 4.79 Å². The van der Waals surface area contributed by atoms with E-state index in [1.165, 1.54) is 6.26 Å². The maximum Gasteiger partial charge on any atom is 0.336 e. The molecule has 1 aliphatic carbocycles. The Balaban J connectivity index is 1.87. The summed E-state index contributed by atoms with van der Waals surface area (Å²) in [5.74, 6) is -3.31. The zero-order chi connectivity index (χ0) is 23.5. The van der Waals surface area contributed by atoms with Gasteiger partial charge >= 0.3 is 11.9 Å². The summed E-state index contributed by atoms with van der Waals surface area (Å²) in [6.45, 7) is 5.55. The van der Waals surface area contributed by atoms with E-state index in [9.17, 15) is 14.4 Å². The summed E-state index contributed by atoms with van der Waals surface area (Å²) in [6, 6.07) is 7.04. The largest absolute Gasteiger partial charge is 0.469 e. The van der Waals surface area contributed by atoms with Gasteiger partial charge in [-0.3, -0.25) is 14.6 Å². The number of allylic oxidation sites excluding steroid dienone is 3. The fraction of sp³-hybridized carbons (Fsp3) is 0.360. The third kappa shape index (κ3) is 4.08. The second kappa shape index (κ2) is 9.44. The lowest BCUT2D eigenvalue weighted by molar-refractivity contribution is -0.152. The molecule has 0 saturated carbocycles. The van der Waals surface area contributed by atoms with Gasteiger partial charge in [-0.05, 0) is 51.0 Å². The smallest absolute Gasteiger partial charge is 0.336 e. The van der Waals surface area contributed by atoms with Crippen molar-refractivity contribution in [2.75, 3.05) is 13.2 Å². The summed E-state index contributed by atoms with van der Waals surface area (Å²) in [7, 11) is 0. The lowest BCUT2D eigenvalue weighted by atomic mass is 9.68. The number of carbonyl (C=O) groups excluding carboxylic acids is 3. The van der Waals surface area contributed by atoms with E-state index in [2.05, 4.69) is 10.3 Å². The van der Waals surface area contributed by atoms with Crippen molar-refractivity contribution < 1.29 is 28.3 Å². The summed E-state index contributed by atoms with van der Waals surface area (Å²) in [6.07, 6.45) is 5.11. The molecule has 0 spiro atoms. The Kier molecular flexibility index (Phi) is 6.44. The van der Waals surface area contributed by atoms with Crippen LogP contribution in [0.1, 0.15) is 50.4 Å². The minimum absolute atomic E-state index is 0.150. The number of ketones is 1. The molecule has 0 fully saturated rings. The van der Waals surface area contributed by atoms with Gasteiger partial charge in [0.25, 0.3) is 0 Å². The highest BCUT2D eigenvalue weighted by Crippen LogP contribution is 2.48. The summed E-state index contributed by atoms with van der Waals surface area (Å²) in [5.41, 5.74) is 2.61. The van der Waals surface area contributed by atoms with Crippen molar-refractivity contribution in [1.82, 2.24) is 10.3 Å². The molecule has 8 nitrogen and oxygen atoms in total. The molecule has 2 aromatic heterocycles. The average molecular weight is 450 g/mol. The predicted molar refractivity (Wildman–Crippen MR) is 118 cm³/mol. The van der Waals surface area contributed by atoms with Crippen LogP contribution >= 0.6 is 0 Å². The first kappa shape index (κ1) is 22.5. The Morgan fingerprint density at radius 3 is 2.61 bits per heavy atom. The number of rotatable bonds is 6. The van der Waals surface area contributed by atoms with Crippen LogP contribution in [0.5, 0.6) is 0 Å². The van der Waals surface area contributed by atoms with E-state index in [0.717, 1.165) is 0 Å². The van der Waals surface area contributed by atoms with E-state index < -0.39 is 35.5 Å². The molecule has 4 rings (SSSR count). The molecule has 1 aliphatic heterocycles. The van der Waals surface area contributed by atoms with Crippen LogP contribution in [0.4, 0.5) is 0 Å². The minimum Gasteiger partial charge on any atom is -0.469 e. The van der Waals surface area contributed by atoms with E-state index in [4.69, 9.17) is 13.9 Å². The molecule has 0 amide bonds. The maximum atomic E-state index is 14.0. The molecule has 3 heterocycles. The van der Waals surface area contributed by atoms with Gasteiger partial charge in [0.1, 0.15) is 11.7 Å². The Morgan fingerprint density at radius 1 is 1.18 bits per heavy atom. The maximum absolute atomic E-state index is 14.0. The first-order chi connectivity index (χ1) is 16.0. The molecule has 2 aliphatic rings. The molecular weight excluding hydrogens is 424 g/mol. The fourth-order valence-electron chi connectivity index (χ4n) is 4.67. The van der Waals surface area contributed by atoms with Crippen LogP contribution in [0.25, 0.3) is 0 Å². The van der Waals surface area contributed by atoms with Gasteiger partial charge in [0.05, 0.1) is 25.1 Å². The van der Waals surface area contributed by atoms with Crippen LogP contribution in [0.15, 0.2) is 69.9 Å². The molecule has 0 radical (unpaired) electrons. The van der Waals surface area contributed by atoms with Crippen LogP contribution in [-0.4, -0.2) is 35.9 Å². The number of furan rings is 1. The lowest BCUT2D eigenvalue weighted by Crippen LogP contribution is -2.43. The van der Waals surface area contributed by atoms with E-state index in [1.54, 1.807) is 51.4 Å². The van der Waals surface area contributed by atoms with Gasteiger partial charge < -0.3 is 19.2 Å². The van der Waals surface area contributed by atoms with Crippen LogP contribution in [0.2, 0.25) is 0 Å². The zero-order valence-electron chi connectivity index (χ0n) is 18.8. The number of Topliss-reactive ketones (excluding diaryl/α,β-unsaturated/α-hetero) is 1. The van der Waals surface area contributed by atoms with E-state index in [0.29, 0.717) is 40.3 Å². The standard InChI is InChI=1S/C25H26N2O6/c1-4-31-24(29)19-14(3)27-17-12-16(18-9-7-11-33-18)21(25(30)32-5-2)23(28)22(17)20(19)15-8-6-10-26-13-15/h6-11,13,16,20-21,27H,4-5,12H2,1-3H3/t16-,20-,21-/m1/s1. The average Bonchev–Trinajstić information content (AvgIpc) is 3.33. The second-order valence-corrected chi connectivity index (χ2v) is 7.92. The summed E-state index contributed by atoms with van der Waals surface area (Å²) in [4.78, 5) is 44.1. The number of esters is 2. The van der Waals surface area contributed by atoms with Crippen LogP contribution in [0, 0.1) is 5.92 Å². The number of carbonyl (C=O) groups is 3. The van der Waals surface area contributed by atoms with Gasteiger partial charge in [0, 0.05) is 41.2 Å². The van der Waals surface area contributed by atoms with Crippen molar-refractivity contribution in [3.05, 3.63) is 76.8 Å². The van der Waals surface area contributed by atoms with Crippen molar-refractivity contribution in [3.63, 3.8) is 0 Å². The van der Waals surface area contributed by atoms with Gasteiger partial charge in [-0.2, -0.15) is 0 Å². The van der Waals surface area contributed by atoms with Crippen molar-refractivity contribution in [3.8, 4) is 0 Å². The topological polar surface area (TPSA) is 108 Å². The normalized spacial score (nSPS) is 22.5. The number of hydrogen-bond acceptors (Lipinski definition) is 8. The van der Waals surface area contributed by atoms with Gasteiger partial charge in [0.15, 0.2) is 5.78 Å². The van der Waals surface area contributed by atoms with Crippen LogP contribution < -0.4 is 5.32 Å². The molecule has 33 heavy (non-hydrogen) atoms. The SMILES string of the molecule is CCOC(=O)C1=C(C)NC2=C(C(=O)[C@H](C(=O)OCC)[C@@H](c3ccco3)C2)[C@@H]1c1cccnc1. The molecule has 0 unspecified atom stereocenters. The van der Waals surface area contributed by atoms with E-state index in [1.807, 2.05) is 6.07 Å². The number of pyridine rings is 1. The molecule has 1 N–H and O–H groups in total. The fourth-order valence-corrected chi connectivity index (χ4v) is 4.67. The van der Waals surface area contributed by atoms with E-state index >= 15 is 0 Å². The Hall–Kier alpha value is -3.68. The summed E-state index contributed by atoms with van der Waals surface area (Å²) < 4.78 is 16.2. The first-order valence-corrected chi connectivity index (χ1v) is 11.0. The van der Waals surface area contributed by atoms with Crippen molar-refractivity contribution in [2.24, 2.45) is 5.92 Å². The molecule has 0 bridgehead atoms. The summed E-state index contributed by atoms with van der Waals surface area (Å²) >= 11 is 0. The number of nitrogens with one attached hydrogen (secondary N) is 1. The third-order valence-electron chi connectivity index (χ3n) is 5.98. The monoisotopic (exact) mass is 450 g/mol. The zero-order valence-corrected chi connectivity index (χ0v) is 18.8. The van der Waals surface area contributed by atoms with Crippen molar-refractivity contribution in [1.29, 1.82) is 0 Å². The highest BCUT2D eigenvalue weighted by molar-refractivity contribution is 6.13. The Bertz CT molecular complexity index is 1120. The van der Waals surface area contributed by atoms with E-state index in [-0.39, 0.29) is 13.2 Å². The number of ether oxygens (including phenoxy) is 2. The molecule has 2 aromatic rings. The molecule has 0 saturated heterocycles. The number of hydrogen-bond donors (Lipinski definition) is 1. The first-order valence-electron chi connectivity index (χ1n) is 11.0. The number of aromatic nitrogens is 1. The van der Waals surface area contributed by atoms with Crippen molar-refractivity contribution in [2.45, 2.75) is 39.0 Å². The summed E-state index contributed by atoms with van der Waals surface area (Å²) in [5, 5.41) is 3.24. The molecule has 172 valence electrons. The minimum atomic E-state index is -1.09. The Labute approximate surface area is 191 Å². The highest BCUT2D eigenvalue weighted by atomic mass is 16.5. The van der Waals surface area contributed by atoms with Crippen LogP contribution in [-0.2, 0) is 23.9 Å². The Morgan fingerprint density at radius 2 is 1.97 bits per heavy atom. The third-order valence-corrected chi connectivity index (χ3v) is 5.98. The van der Waals surface area contributed by atoms with Gasteiger partial charge in [-0.15, -0.1) is 0 Å². The predicted octanol–water partition coefficient (Wildman–Crippen LogP) is 3.39. The molecule has 3 atom stereocenters. The highest BCUT2D eigenvalue weighted by Gasteiger charge is 2.49. The molecular formula is C25H26N2O6. The molecule has 0 aromatic carbocycles. The van der Waals surface area contributed by atoms with Gasteiger partial charge in [0.2, 0.25) is 0 Å². The number of dihydropyridines is 1. The molecule has 8 heteroatoms. The van der Waals surface area contributed by atoms with Crippen molar-refractivity contribution >= 4 is 17.7 Å².